The number of fused-ring (bicyclic) bond motifs is 2. The van der Waals surface area contributed by atoms with E-state index in [0.717, 1.165) is 5.56 Å². The van der Waals surface area contributed by atoms with Crippen LogP contribution in [0.15, 0.2) is 47.0 Å². The molecule has 2 aliphatic carbocycles. The van der Waals surface area contributed by atoms with Crippen LogP contribution in [0.25, 0.3) is 0 Å². The zero-order valence-corrected chi connectivity index (χ0v) is 13.3. The van der Waals surface area contributed by atoms with Crippen molar-refractivity contribution in [3.05, 3.63) is 59.4 Å². The van der Waals surface area contributed by atoms with Gasteiger partial charge < -0.3 is 9.26 Å². The van der Waals surface area contributed by atoms with Gasteiger partial charge in [0.25, 0.3) is 5.88 Å². The van der Waals surface area contributed by atoms with Gasteiger partial charge >= 0.3 is 0 Å². The topological polar surface area (TPSA) is 69.4 Å². The van der Waals surface area contributed by atoms with Crippen molar-refractivity contribution in [3.63, 3.8) is 0 Å². The van der Waals surface area contributed by atoms with Crippen LogP contribution in [-0.2, 0) is 17.8 Å². The van der Waals surface area contributed by atoms with E-state index >= 15 is 0 Å². The van der Waals surface area contributed by atoms with Gasteiger partial charge in [-0.1, -0.05) is 36.4 Å². The lowest BCUT2D eigenvalue weighted by Crippen LogP contribution is -2.47. The maximum Gasteiger partial charge on any atom is 0.265 e. The summed E-state index contributed by atoms with van der Waals surface area (Å²) in [4.78, 5) is 25.4. The molecule has 0 unspecified atom stereocenters. The molecule has 0 radical (unpaired) electrons. The zero-order valence-electron chi connectivity index (χ0n) is 13.3. The largest absolute Gasteiger partial charge is 0.470 e. The molecular formula is C19H17NO4. The zero-order chi connectivity index (χ0) is 16.7. The summed E-state index contributed by atoms with van der Waals surface area (Å²) in [6.45, 7) is 2.02. The number of aromatic nitrogens is 1. The Bertz CT molecular complexity index is 836. The average molecular weight is 323 g/mol. The van der Waals surface area contributed by atoms with Crippen LogP contribution in [0.5, 0.6) is 5.88 Å². The fourth-order valence-electron chi connectivity index (χ4n) is 3.51. The van der Waals surface area contributed by atoms with Gasteiger partial charge in [0.2, 0.25) is 0 Å². The third kappa shape index (κ3) is 2.12. The van der Waals surface area contributed by atoms with E-state index in [4.69, 9.17) is 9.26 Å². The number of carbonyl (C=O) groups is 2. The van der Waals surface area contributed by atoms with Gasteiger partial charge in [0.15, 0.2) is 17.3 Å². The van der Waals surface area contributed by atoms with Crippen LogP contribution in [0.4, 0.5) is 0 Å². The van der Waals surface area contributed by atoms with E-state index in [1.54, 1.807) is 6.92 Å². The van der Waals surface area contributed by atoms with Crippen molar-refractivity contribution in [1.82, 2.24) is 5.16 Å². The molecule has 2 atom stereocenters. The Morgan fingerprint density at radius 1 is 1.29 bits per heavy atom. The number of ether oxygens (including phenoxy) is 1. The van der Waals surface area contributed by atoms with Gasteiger partial charge in [0.05, 0.1) is 5.41 Å². The Kier molecular flexibility index (Phi) is 3.37. The SMILES string of the molecule is C[C@]12C(=O)C=CC[C@H]1Cc1onc(OCc3ccccc3)c1C2=O. The van der Waals surface area contributed by atoms with Gasteiger partial charge in [-0.05, 0) is 36.1 Å². The Labute approximate surface area is 139 Å². The van der Waals surface area contributed by atoms with E-state index < -0.39 is 5.41 Å². The molecule has 0 spiro atoms. The number of carbonyl (C=O) groups excluding carboxylic acids is 2. The third-order valence-corrected chi connectivity index (χ3v) is 5.10. The van der Waals surface area contributed by atoms with Crippen LogP contribution < -0.4 is 4.74 Å². The molecule has 4 rings (SSSR count). The van der Waals surface area contributed by atoms with E-state index in [1.807, 2.05) is 36.4 Å². The number of Topliss-reactive ketones (excluding diaryl/α,β-unsaturated/α-hetero) is 1. The molecule has 5 heteroatoms. The lowest BCUT2D eigenvalue weighted by atomic mass is 9.61. The van der Waals surface area contributed by atoms with Crippen LogP contribution >= 0.6 is 0 Å². The van der Waals surface area contributed by atoms with Crippen LogP contribution in [0, 0.1) is 11.3 Å². The highest BCUT2D eigenvalue weighted by Gasteiger charge is 2.54. The molecule has 0 amide bonds. The first kappa shape index (κ1) is 14.9. The van der Waals surface area contributed by atoms with Gasteiger partial charge in [0, 0.05) is 6.42 Å². The van der Waals surface area contributed by atoms with Crippen molar-refractivity contribution >= 4 is 11.6 Å². The third-order valence-electron chi connectivity index (χ3n) is 5.10. The first-order valence-electron chi connectivity index (χ1n) is 8.01. The summed E-state index contributed by atoms with van der Waals surface area (Å²) in [5.41, 5.74) is 0.254. The van der Waals surface area contributed by atoms with Gasteiger partial charge in [-0.25, -0.2) is 0 Å². The fourth-order valence-corrected chi connectivity index (χ4v) is 3.51. The molecule has 1 aromatic heterocycles. The molecule has 122 valence electrons. The number of hydrogen-bond donors (Lipinski definition) is 0. The van der Waals surface area contributed by atoms with E-state index in [0.29, 0.717) is 30.8 Å². The minimum absolute atomic E-state index is 0.0788. The monoisotopic (exact) mass is 323 g/mol. The van der Waals surface area contributed by atoms with Crippen LogP contribution in [0.3, 0.4) is 0 Å². The highest BCUT2D eigenvalue weighted by molar-refractivity contribution is 6.20. The molecular weight excluding hydrogens is 306 g/mol. The van der Waals surface area contributed by atoms with E-state index in [1.165, 1.54) is 6.08 Å². The molecule has 0 saturated carbocycles. The highest BCUT2D eigenvalue weighted by Crippen LogP contribution is 2.47. The second-order valence-electron chi connectivity index (χ2n) is 6.50. The highest BCUT2D eigenvalue weighted by atomic mass is 16.5. The number of rotatable bonds is 3. The van der Waals surface area contributed by atoms with Crippen LogP contribution in [0.2, 0.25) is 0 Å². The van der Waals surface area contributed by atoms with Gasteiger partial charge in [0.1, 0.15) is 12.2 Å². The van der Waals surface area contributed by atoms with Crippen molar-refractivity contribution < 1.29 is 18.8 Å². The summed E-state index contributed by atoms with van der Waals surface area (Å²) < 4.78 is 11.0. The van der Waals surface area contributed by atoms with Gasteiger partial charge in [-0.15, -0.1) is 0 Å². The molecule has 0 bridgehead atoms. The summed E-state index contributed by atoms with van der Waals surface area (Å²) in [7, 11) is 0. The van der Waals surface area contributed by atoms with Crippen LogP contribution in [-0.4, -0.2) is 16.7 Å². The molecule has 2 aliphatic rings. The minimum atomic E-state index is -1.04. The van der Waals surface area contributed by atoms with E-state index in [2.05, 4.69) is 5.16 Å². The Morgan fingerprint density at radius 2 is 2.08 bits per heavy atom. The number of nitrogens with zero attached hydrogens (tertiary/aromatic N) is 1. The molecule has 1 heterocycles. The number of allylic oxidation sites excluding steroid dienone is 2. The lowest BCUT2D eigenvalue weighted by Gasteiger charge is -2.38. The Morgan fingerprint density at radius 3 is 2.88 bits per heavy atom. The first-order chi connectivity index (χ1) is 11.6. The molecule has 5 nitrogen and oxygen atoms in total. The molecule has 2 aromatic rings. The van der Waals surface area contributed by atoms with Crippen molar-refractivity contribution in [1.29, 1.82) is 0 Å². The second-order valence-corrected chi connectivity index (χ2v) is 6.50. The van der Waals surface area contributed by atoms with Gasteiger partial charge in [-0.3, -0.25) is 9.59 Å². The average Bonchev–Trinajstić information content (AvgIpc) is 3.00. The molecule has 0 saturated heterocycles. The summed E-state index contributed by atoms with van der Waals surface area (Å²) in [5, 5.41) is 3.93. The predicted octanol–water partition coefficient (Wildman–Crippen LogP) is 3.14. The summed E-state index contributed by atoms with van der Waals surface area (Å²) in [6.07, 6.45) is 4.55. The van der Waals surface area contributed by atoms with E-state index in [-0.39, 0.29) is 23.4 Å². The van der Waals surface area contributed by atoms with Crippen molar-refractivity contribution in [3.8, 4) is 5.88 Å². The van der Waals surface area contributed by atoms with Crippen LogP contribution in [0.1, 0.15) is 35.0 Å². The number of ketones is 2. The number of hydrogen-bond acceptors (Lipinski definition) is 5. The first-order valence-corrected chi connectivity index (χ1v) is 8.01. The summed E-state index contributed by atoms with van der Waals surface area (Å²) in [5.74, 6) is 0.233. The minimum Gasteiger partial charge on any atom is -0.470 e. The fraction of sp³-hybridized carbons (Fsp3) is 0.316. The van der Waals surface area contributed by atoms with E-state index in [9.17, 15) is 9.59 Å². The maximum atomic E-state index is 13.0. The molecule has 0 fully saturated rings. The normalized spacial score (nSPS) is 25.3. The second kappa shape index (κ2) is 5.44. The number of benzene rings is 1. The predicted molar refractivity (Wildman–Crippen MR) is 85.7 cm³/mol. The van der Waals surface area contributed by atoms with Gasteiger partial charge in [-0.2, -0.15) is 0 Å². The molecule has 0 aliphatic heterocycles. The van der Waals surface area contributed by atoms with Crippen molar-refractivity contribution in [2.24, 2.45) is 11.3 Å². The summed E-state index contributed by atoms with van der Waals surface area (Å²) in [6, 6.07) is 9.62. The van der Waals surface area contributed by atoms with Crippen molar-refractivity contribution in [2.75, 3.05) is 0 Å². The maximum absolute atomic E-state index is 13.0. The smallest absolute Gasteiger partial charge is 0.265 e. The summed E-state index contributed by atoms with van der Waals surface area (Å²) >= 11 is 0. The standard InChI is InChI=1S/C19H17NO4/c1-19-13(8-5-9-15(19)21)10-14-16(17(19)22)18(20-24-14)23-11-12-6-3-2-4-7-12/h2-7,9,13H,8,10-11H2,1H3/t13-,19+/m0/s1. The quantitative estimate of drug-likeness (QED) is 0.812. The molecule has 24 heavy (non-hydrogen) atoms. The van der Waals surface area contributed by atoms with Crippen molar-refractivity contribution in [2.45, 2.75) is 26.4 Å². The lowest BCUT2D eigenvalue weighted by molar-refractivity contribution is -0.124. The Balaban J connectivity index is 1.65. The molecule has 1 aromatic carbocycles. The molecule has 0 N–H and O–H groups in total. The Hall–Kier alpha value is -2.69.